The molecule has 1 unspecified atom stereocenters. The number of nitriles is 1. The summed E-state index contributed by atoms with van der Waals surface area (Å²) in [7, 11) is 0. The third-order valence-corrected chi connectivity index (χ3v) is 7.16. The predicted octanol–water partition coefficient (Wildman–Crippen LogP) is 4.32. The van der Waals surface area contributed by atoms with Gasteiger partial charge in [-0.2, -0.15) is 15.5 Å². The lowest BCUT2D eigenvalue weighted by Crippen LogP contribution is -2.68. The van der Waals surface area contributed by atoms with Crippen LogP contribution in [0.25, 0.3) is 10.9 Å². The summed E-state index contributed by atoms with van der Waals surface area (Å²) in [6, 6.07) is 10.6. The van der Waals surface area contributed by atoms with Crippen molar-refractivity contribution in [2.75, 3.05) is 0 Å². The molecule has 0 radical (unpaired) electrons. The maximum atomic E-state index is 13.7. The van der Waals surface area contributed by atoms with Crippen molar-refractivity contribution >= 4 is 23.0 Å². The fourth-order valence-corrected chi connectivity index (χ4v) is 5.87. The SMILES string of the molecule is N#Cc1ccc2cnn(CC34CC(C(=O)N5N=CCC5c5cc(F)cc(F)c5)(C3)C4)c2c1. The molecule has 2 bridgehead atoms. The first-order valence-corrected chi connectivity index (χ1v) is 10.6. The van der Waals surface area contributed by atoms with E-state index in [1.54, 1.807) is 18.5 Å². The average molecular weight is 431 g/mol. The summed E-state index contributed by atoms with van der Waals surface area (Å²) in [4.78, 5) is 13.3. The van der Waals surface area contributed by atoms with Gasteiger partial charge in [0.2, 0.25) is 5.91 Å². The molecule has 1 amide bonds. The monoisotopic (exact) mass is 431 g/mol. The van der Waals surface area contributed by atoms with Gasteiger partial charge in [-0.05, 0) is 60.6 Å². The van der Waals surface area contributed by atoms with E-state index in [1.807, 2.05) is 16.8 Å². The van der Waals surface area contributed by atoms with Gasteiger partial charge in [-0.1, -0.05) is 0 Å². The fourth-order valence-electron chi connectivity index (χ4n) is 5.87. The van der Waals surface area contributed by atoms with E-state index in [0.717, 1.165) is 36.2 Å². The number of halogens is 2. The summed E-state index contributed by atoms with van der Waals surface area (Å²) in [6.45, 7) is 0.697. The first kappa shape index (κ1) is 19.1. The molecule has 3 aliphatic carbocycles. The van der Waals surface area contributed by atoms with Crippen molar-refractivity contribution in [1.82, 2.24) is 14.8 Å². The number of amides is 1. The molecule has 160 valence electrons. The molecule has 2 heterocycles. The van der Waals surface area contributed by atoms with Crippen LogP contribution in [0, 0.1) is 33.8 Å². The Kier molecular flexibility index (Phi) is 3.85. The van der Waals surface area contributed by atoms with Gasteiger partial charge in [0, 0.05) is 30.6 Å². The van der Waals surface area contributed by atoms with Gasteiger partial charge in [0.25, 0.3) is 0 Å². The lowest BCUT2D eigenvalue weighted by Gasteiger charge is -2.69. The van der Waals surface area contributed by atoms with Gasteiger partial charge in [0.15, 0.2) is 0 Å². The first-order valence-electron chi connectivity index (χ1n) is 10.6. The minimum absolute atomic E-state index is 0.0150. The zero-order valence-corrected chi connectivity index (χ0v) is 17.1. The molecule has 0 saturated heterocycles. The fraction of sp³-hybridized carbons (Fsp3) is 0.333. The van der Waals surface area contributed by atoms with Crippen LogP contribution in [0.2, 0.25) is 0 Å². The minimum Gasteiger partial charge on any atom is -0.272 e. The highest BCUT2D eigenvalue weighted by Crippen LogP contribution is 2.74. The number of aromatic nitrogens is 2. The summed E-state index contributed by atoms with van der Waals surface area (Å²) in [5.74, 6) is -1.38. The Balaban J connectivity index is 1.18. The van der Waals surface area contributed by atoms with Crippen molar-refractivity contribution in [3.63, 3.8) is 0 Å². The van der Waals surface area contributed by atoms with Crippen LogP contribution in [0.4, 0.5) is 8.78 Å². The van der Waals surface area contributed by atoms with Gasteiger partial charge in [-0.25, -0.2) is 13.8 Å². The zero-order valence-electron chi connectivity index (χ0n) is 17.1. The molecule has 0 N–H and O–H groups in total. The van der Waals surface area contributed by atoms with E-state index in [2.05, 4.69) is 16.3 Å². The van der Waals surface area contributed by atoms with Crippen LogP contribution >= 0.6 is 0 Å². The average Bonchev–Trinajstić information content (AvgIpc) is 3.35. The second kappa shape index (κ2) is 6.45. The molecule has 6 nitrogen and oxygen atoms in total. The van der Waals surface area contributed by atoms with Crippen molar-refractivity contribution < 1.29 is 13.6 Å². The third kappa shape index (κ3) is 2.70. The van der Waals surface area contributed by atoms with E-state index in [0.29, 0.717) is 24.1 Å². The first-order chi connectivity index (χ1) is 15.4. The molecule has 8 heteroatoms. The third-order valence-electron chi connectivity index (χ3n) is 7.16. The molecular weight excluding hydrogens is 412 g/mol. The van der Waals surface area contributed by atoms with Gasteiger partial charge >= 0.3 is 0 Å². The van der Waals surface area contributed by atoms with E-state index in [-0.39, 0.29) is 11.3 Å². The van der Waals surface area contributed by atoms with Gasteiger partial charge in [-0.3, -0.25) is 9.48 Å². The summed E-state index contributed by atoms with van der Waals surface area (Å²) in [5, 5.41) is 20.3. The molecule has 3 saturated carbocycles. The number of benzene rings is 2. The van der Waals surface area contributed by atoms with E-state index < -0.39 is 23.1 Å². The molecule has 0 spiro atoms. The molecule has 4 aliphatic rings. The maximum Gasteiger partial charge on any atom is 0.249 e. The van der Waals surface area contributed by atoms with Crippen LogP contribution in [0.3, 0.4) is 0 Å². The lowest BCUT2D eigenvalue weighted by molar-refractivity contribution is -0.223. The number of hydrazone groups is 1. The van der Waals surface area contributed by atoms with Crippen molar-refractivity contribution in [1.29, 1.82) is 5.26 Å². The second-order valence-electron chi connectivity index (χ2n) is 9.40. The zero-order chi connectivity index (χ0) is 22.1. The summed E-state index contributed by atoms with van der Waals surface area (Å²) in [6.07, 6.45) is 6.10. The number of nitrogens with zero attached hydrogens (tertiary/aromatic N) is 5. The molecule has 7 rings (SSSR count). The number of carbonyl (C=O) groups excluding carboxylic acids is 1. The molecular formula is C24H19F2N5O. The van der Waals surface area contributed by atoms with Gasteiger partial charge in [0.05, 0.1) is 34.8 Å². The topological polar surface area (TPSA) is 74.3 Å². The molecule has 1 atom stereocenters. The summed E-state index contributed by atoms with van der Waals surface area (Å²) < 4.78 is 29.3. The number of hydrogen-bond acceptors (Lipinski definition) is 4. The predicted molar refractivity (Wildman–Crippen MR) is 112 cm³/mol. The molecule has 32 heavy (non-hydrogen) atoms. The van der Waals surface area contributed by atoms with Crippen molar-refractivity contribution in [2.24, 2.45) is 15.9 Å². The van der Waals surface area contributed by atoms with E-state index in [9.17, 15) is 18.8 Å². The maximum absolute atomic E-state index is 13.7. The number of carbonyl (C=O) groups is 1. The summed E-state index contributed by atoms with van der Waals surface area (Å²) >= 11 is 0. The number of fused-ring (bicyclic) bond motifs is 1. The van der Waals surface area contributed by atoms with Gasteiger partial charge in [0.1, 0.15) is 11.6 Å². The van der Waals surface area contributed by atoms with Gasteiger partial charge < -0.3 is 0 Å². The van der Waals surface area contributed by atoms with E-state index in [4.69, 9.17) is 0 Å². The molecule has 3 aromatic rings. The van der Waals surface area contributed by atoms with Crippen LogP contribution in [0.5, 0.6) is 0 Å². The molecule has 1 aromatic heterocycles. The van der Waals surface area contributed by atoms with Crippen molar-refractivity contribution in [3.05, 3.63) is 65.4 Å². The Morgan fingerprint density at radius 2 is 1.91 bits per heavy atom. The highest BCUT2D eigenvalue weighted by Gasteiger charge is 2.72. The Morgan fingerprint density at radius 1 is 1.16 bits per heavy atom. The Morgan fingerprint density at radius 3 is 2.62 bits per heavy atom. The van der Waals surface area contributed by atoms with Crippen LogP contribution in [0.15, 0.2) is 47.7 Å². The second-order valence-corrected chi connectivity index (χ2v) is 9.40. The van der Waals surface area contributed by atoms with Gasteiger partial charge in [-0.15, -0.1) is 0 Å². The van der Waals surface area contributed by atoms with Crippen LogP contribution in [-0.2, 0) is 11.3 Å². The molecule has 1 aliphatic heterocycles. The van der Waals surface area contributed by atoms with Crippen LogP contribution in [-0.4, -0.2) is 26.9 Å². The van der Waals surface area contributed by atoms with Crippen LogP contribution < -0.4 is 0 Å². The van der Waals surface area contributed by atoms with Crippen LogP contribution in [0.1, 0.15) is 42.9 Å². The highest BCUT2D eigenvalue weighted by molar-refractivity contribution is 5.88. The van der Waals surface area contributed by atoms with E-state index >= 15 is 0 Å². The standard InChI is InChI=1S/C24H19F2N5O/c25-18-6-17(7-19(26)8-18)20-3-4-28-31(20)22(32)24-11-23(12-24,13-24)14-30-21-5-15(9-27)1-2-16(21)10-29-30/h1-2,4-8,10,20H,3,11-14H2. The Labute approximate surface area is 182 Å². The Bertz CT molecular complexity index is 1310. The highest BCUT2D eigenvalue weighted by atomic mass is 19.1. The molecule has 2 aromatic carbocycles. The number of hydrogen-bond donors (Lipinski definition) is 0. The Hall–Kier alpha value is -3.60. The number of rotatable bonds is 4. The van der Waals surface area contributed by atoms with Crippen molar-refractivity contribution in [2.45, 2.75) is 38.3 Å². The smallest absolute Gasteiger partial charge is 0.249 e. The quantitative estimate of drug-likeness (QED) is 0.618. The molecule has 3 fully saturated rings. The normalized spacial score (nSPS) is 27.8. The minimum atomic E-state index is -0.658. The van der Waals surface area contributed by atoms with Crippen molar-refractivity contribution in [3.8, 4) is 6.07 Å². The lowest BCUT2D eigenvalue weighted by atomic mass is 9.34. The van der Waals surface area contributed by atoms with E-state index in [1.165, 1.54) is 17.1 Å². The summed E-state index contributed by atoms with van der Waals surface area (Å²) in [5.41, 5.74) is 1.50. The largest absolute Gasteiger partial charge is 0.272 e.